The van der Waals surface area contributed by atoms with Gasteiger partial charge < -0.3 is 9.63 Å². The molecule has 1 aliphatic heterocycles. The number of carboxylic acids is 1. The van der Waals surface area contributed by atoms with Crippen LogP contribution < -0.4 is 0 Å². The molecule has 3 rings (SSSR count). The topological polar surface area (TPSA) is 66.6 Å². The second-order valence-electron chi connectivity index (χ2n) is 5.69. The van der Waals surface area contributed by atoms with Crippen molar-refractivity contribution >= 4 is 5.97 Å². The molecule has 0 amide bonds. The third-order valence-electron chi connectivity index (χ3n) is 4.62. The number of piperidine rings is 1. The number of fused-ring (bicyclic) bond motifs is 1. The van der Waals surface area contributed by atoms with Gasteiger partial charge in [0.2, 0.25) is 0 Å². The number of carbonyl (C=O) groups is 1. The molecule has 5 heteroatoms. The lowest BCUT2D eigenvalue weighted by Crippen LogP contribution is -2.54. The van der Waals surface area contributed by atoms with Gasteiger partial charge in [0, 0.05) is 12.1 Å². The van der Waals surface area contributed by atoms with Crippen LogP contribution in [-0.2, 0) is 11.3 Å². The Balaban J connectivity index is 1.81. The summed E-state index contributed by atoms with van der Waals surface area (Å²) >= 11 is 0. The number of hydrogen-bond acceptors (Lipinski definition) is 4. The minimum atomic E-state index is -0.705. The van der Waals surface area contributed by atoms with Crippen molar-refractivity contribution in [2.75, 3.05) is 0 Å². The molecule has 3 atom stereocenters. The zero-order valence-corrected chi connectivity index (χ0v) is 11.0. The molecule has 0 aromatic carbocycles. The summed E-state index contributed by atoms with van der Waals surface area (Å²) in [5.74, 6) is 0.716. The Bertz CT molecular complexity index is 432. The summed E-state index contributed by atoms with van der Waals surface area (Å²) in [6.07, 6.45) is 8.27. The molecule has 2 aliphatic rings. The van der Waals surface area contributed by atoms with E-state index in [1.54, 1.807) is 6.20 Å². The van der Waals surface area contributed by atoms with Gasteiger partial charge in [0.25, 0.3) is 0 Å². The highest BCUT2D eigenvalue weighted by molar-refractivity contribution is 5.73. The van der Waals surface area contributed by atoms with Crippen molar-refractivity contribution in [3.63, 3.8) is 0 Å². The molecule has 0 spiro atoms. The van der Waals surface area contributed by atoms with Crippen LogP contribution in [0.3, 0.4) is 0 Å². The summed E-state index contributed by atoms with van der Waals surface area (Å²) in [4.78, 5) is 13.6. The fourth-order valence-electron chi connectivity index (χ4n) is 3.73. The van der Waals surface area contributed by atoms with Crippen LogP contribution in [-0.4, -0.2) is 33.2 Å². The van der Waals surface area contributed by atoms with E-state index >= 15 is 0 Å². The van der Waals surface area contributed by atoms with Gasteiger partial charge in [-0.05, 0) is 31.6 Å². The number of aromatic nitrogens is 1. The Morgan fingerprint density at radius 2 is 2.21 bits per heavy atom. The molecule has 0 radical (unpaired) electrons. The Hall–Kier alpha value is -1.36. The Kier molecular flexibility index (Phi) is 3.55. The van der Waals surface area contributed by atoms with Crippen molar-refractivity contribution in [2.45, 2.75) is 57.2 Å². The number of nitrogens with zero attached hydrogens (tertiary/aromatic N) is 2. The number of carboxylic acid groups (broad SMARTS) is 1. The third-order valence-corrected chi connectivity index (χ3v) is 4.62. The van der Waals surface area contributed by atoms with Gasteiger partial charge in [0.05, 0.1) is 12.7 Å². The number of hydrogen-bond donors (Lipinski definition) is 1. The van der Waals surface area contributed by atoms with Gasteiger partial charge in [-0.3, -0.25) is 9.69 Å². The highest BCUT2D eigenvalue weighted by atomic mass is 16.5. The van der Waals surface area contributed by atoms with Crippen molar-refractivity contribution in [1.82, 2.24) is 10.1 Å². The van der Waals surface area contributed by atoms with E-state index in [2.05, 4.69) is 10.1 Å². The lowest BCUT2D eigenvalue weighted by atomic mass is 9.76. The van der Waals surface area contributed by atoms with Crippen LogP contribution in [0.25, 0.3) is 0 Å². The molecule has 1 aliphatic carbocycles. The highest BCUT2D eigenvalue weighted by Gasteiger charge is 2.41. The number of aliphatic carboxylic acids is 1. The van der Waals surface area contributed by atoms with Crippen molar-refractivity contribution in [3.05, 3.63) is 18.0 Å². The van der Waals surface area contributed by atoms with Crippen LogP contribution in [0.1, 0.15) is 44.3 Å². The smallest absolute Gasteiger partial charge is 0.320 e. The van der Waals surface area contributed by atoms with Crippen LogP contribution in [0, 0.1) is 5.92 Å². The van der Waals surface area contributed by atoms with Crippen LogP contribution in [0.15, 0.2) is 16.8 Å². The molecule has 1 saturated heterocycles. The molecule has 2 heterocycles. The molecule has 1 saturated carbocycles. The van der Waals surface area contributed by atoms with Gasteiger partial charge in [-0.15, -0.1) is 0 Å². The van der Waals surface area contributed by atoms with Crippen LogP contribution in [0.2, 0.25) is 0 Å². The zero-order chi connectivity index (χ0) is 13.2. The van der Waals surface area contributed by atoms with Crippen LogP contribution in [0.5, 0.6) is 0 Å². The minimum absolute atomic E-state index is 0.371. The molecule has 2 fully saturated rings. The Labute approximate surface area is 112 Å². The predicted molar refractivity (Wildman–Crippen MR) is 68.4 cm³/mol. The fraction of sp³-hybridized carbons (Fsp3) is 0.714. The second kappa shape index (κ2) is 5.33. The second-order valence-corrected chi connectivity index (χ2v) is 5.69. The minimum Gasteiger partial charge on any atom is -0.480 e. The number of rotatable bonds is 3. The average molecular weight is 264 g/mol. The van der Waals surface area contributed by atoms with Crippen LogP contribution >= 0.6 is 0 Å². The van der Waals surface area contributed by atoms with Crippen molar-refractivity contribution < 1.29 is 14.4 Å². The van der Waals surface area contributed by atoms with Crippen LogP contribution in [0.4, 0.5) is 0 Å². The molecule has 104 valence electrons. The summed E-state index contributed by atoms with van der Waals surface area (Å²) in [5, 5.41) is 13.2. The van der Waals surface area contributed by atoms with Gasteiger partial charge in [-0.1, -0.05) is 18.0 Å². The SMILES string of the molecule is O=C(O)C1CCC2CCCCC2N1Cc1ccno1. The summed E-state index contributed by atoms with van der Waals surface area (Å²) in [7, 11) is 0. The Morgan fingerprint density at radius 3 is 2.95 bits per heavy atom. The molecule has 1 N–H and O–H groups in total. The molecule has 0 bridgehead atoms. The molecule has 19 heavy (non-hydrogen) atoms. The van der Waals surface area contributed by atoms with E-state index in [0.29, 0.717) is 18.5 Å². The first kappa shape index (κ1) is 12.7. The maximum absolute atomic E-state index is 11.5. The lowest BCUT2D eigenvalue weighted by molar-refractivity contribution is -0.148. The molecular weight excluding hydrogens is 244 g/mol. The largest absolute Gasteiger partial charge is 0.480 e. The van der Waals surface area contributed by atoms with E-state index in [-0.39, 0.29) is 6.04 Å². The molecule has 5 nitrogen and oxygen atoms in total. The molecule has 1 aromatic rings. The summed E-state index contributed by atoms with van der Waals surface area (Å²) in [6, 6.07) is 1.85. The summed E-state index contributed by atoms with van der Waals surface area (Å²) in [6.45, 7) is 0.568. The quantitative estimate of drug-likeness (QED) is 0.907. The molecule has 1 aromatic heterocycles. The average Bonchev–Trinajstić information content (AvgIpc) is 2.92. The highest BCUT2D eigenvalue weighted by Crippen LogP contribution is 2.38. The summed E-state index contributed by atoms with van der Waals surface area (Å²) in [5.41, 5.74) is 0. The lowest BCUT2D eigenvalue weighted by Gasteiger charge is -2.46. The van der Waals surface area contributed by atoms with E-state index in [0.717, 1.165) is 25.0 Å². The Morgan fingerprint density at radius 1 is 1.37 bits per heavy atom. The van der Waals surface area contributed by atoms with Gasteiger partial charge in [-0.25, -0.2) is 0 Å². The molecular formula is C14H20N2O3. The first-order valence-electron chi connectivity index (χ1n) is 7.14. The third kappa shape index (κ3) is 2.52. The maximum Gasteiger partial charge on any atom is 0.320 e. The van der Waals surface area contributed by atoms with E-state index in [1.807, 2.05) is 6.07 Å². The van der Waals surface area contributed by atoms with Crippen molar-refractivity contribution in [2.24, 2.45) is 5.92 Å². The van der Waals surface area contributed by atoms with Gasteiger partial charge >= 0.3 is 5.97 Å². The molecule has 3 unspecified atom stereocenters. The van der Waals surface area contributed by atoms with Gasteiger partial charge in [0.15, 0.2) is 5.76 Å². The predicted octanol–water partition coefficient (Wildman–Crippen LogP) is 2.28. The van der Waals surface area contributed by atoms with E-state index in [9.17, 15) is 9.90 Å². The van der Waals surface area contributed by atoms with Gasteiger partial charge in [-0.2, -0.15) is 0 Å². The fourth-order valence-corrected chi connectivity index (χ4v) is 3.73. The van der Waals surface area contributed by atoms with Gasteiger partial charge in [0.1, 0.15) is 6.04 Å². The maximum atomic E-state index is 11.5. The van der Waals surface area contributed by atoms with Crippen molar-refractivity contribution in [3.8, 4) is 0 Å². The summed E-state index contributed by atoms with van der Waals surface area (Å²) < 4.78 is 5.16. The van der Waals surface area contributed by atoms with Crippen molar-refractivity contribution in [1.29, 1.82) is 0 Å². The standard InChI is InChI=1S/C14H20N2O3/c17-14(18)13-6-5-10-3-1-2-4-12(10)16(13)9-11-7-8-15-19-11/h7-8,10,12-13H,1-6,9H2,(H,17,18). The first-order chi connectivity index (χ1) is 9.25. The van der Waals surface area contributed by atoms with E-state index in [1.165, 1.54) is 19.3 Å². The normalized spacial score (nSPS) is 31.9. The monoisotopic (exact) mass is 264 g/mol. The van der Waals surface area contributed by atoms with E-state index < -0.39 is 5.97 Å². The zero-order valence-electron chi connectivity index (χ0n) is 11.0. The first-order valence-corrected chi connectivity index (χ1v) is 7.14. The number of likely N-dealkylation sites (tertiary alicyclic amines) is 1. The van der Waals surface area contributed by atoms with E-state index in [4.69, 9.17) is 4.52 Å².